The van der Waals surface area contributed by atoms with Gasteiger partial charge in [-0.2, -0.15) is 0 Å². The summed E-state index contributed by atoms with van der Waals surface area (Å²) in [6.45, 7) is 0. The zero-order valence-electron chi connectivity index (χ0n) is 5.92. The molecule has 2 nitrogen and oxygen atoms in total. The average Bonchev–Trinajstić information content (AvgIpc) is 2.21. The Balaban J connectivity index is 2.17. The molecule has 10 heavy (non-hydrogen) atoms. The Bertz CT molecular complexity index is 165. The Morgan fingerprint density at radius 2 is 2.20 bits per heavy atom. The number of rotatable bonds is 0. The van der Waals surface area contributed by atoms with Gasteiger partial charge >= 0.3 is 0 Å². The third kappa shape index (κ3) is 0.788. The van der Waals surface area contributed by atoms with Crippen molar-refractivity contribution in [3.63, 3.8) is 0 Å². The first kappa shape index (κ1) is 6.35. The fourth-order valence-electron chi connectivity index (χ4n) is 2.23. The summed E-state index contributed by atoms with van der Waals surface area (Å²) in [5, 5.41) is 9.35. The molecule has 2 aliphatic rings. The minimum Gasteiger partial charge on any atom is -0.392 e. The third-order valence-corrected chi connectivity index (χ3v) is 2.84. The van der Waals surface area contributed by atoms with Crippen molar-refractivity contribution in [3.8, 4) is 0 Å². The summed E-state index contributed by atoms with van der Waals surface area (Å²) in [6, 6.07) is 0. The van der Waals surface area contributed by atoms with Crippen LogP contribution >= 0.6 is 0 Å². The summed E-state index contributed by atoms with van der Waals surface area (Å²) in [5.41, 5.74) is 0. The van der Waals surface area contributed by atoms with E-state index < -0.39 is 0 Å². The molecule has 56 valence electrons. The van der Waals surface area contributed by atoms with E-state index in [2.05, 4.69) is 0 Å². The summed E-state index contributed by atoms with van der Waals surface area (Å²) < 4.78 is 0. The molecule has 2 aliphatic carbocycles. The van der Waals surface area contributed by atoms with E-state index in [1.54, 1.807) is 0 Å². The molecule has 0 aromatic carbocycles. The smallest absolute Gasteiger partial charge is 0.138 e. The SMILES string of the molecule is O=C1CC[C@@H]2C[C@@H](O)[C@@H]1C2. The van der Waals surface area contributed by atoms with E-state index in [9.17, 15) is 9.90 Å². The van der Waals surface area contributed by atoms with Crippen LogP contribution in [0.4, 0.5) is 0 Å². The minimum atomic E-state index is -0.306. The van der Waals surface area contributed by atoms with Gasteiger partial charge in [-0.05, 0) is 25.2 Å². The molecule has 0 aromatic heterocycles. The van der Waals surface area contributed by atoms with Crippen molar-refractivity contribution in [1.29, 1.82) is 0 Å². The van der Waals surface area contributed by atoms with Crippen molar-refractivity contribution in [2.75, 3.05) is 0 Å². The number of carbonyl (C=O) groups is 1. The van der Waals surface area contributed by atoms with Crippen molar-refractivity contribution in [2.45, 2.75) is 31.8 Å². The van der Waals surface area contributed by atoms with Gasteiger partial charge in [0.15, 0.2) is 0 Å². The molecular formula is C8H12O2. The second kappa shape index (κ2) is 2.06. The highest BCUT2D eigenvalue weighted by Gasteiger charge is 2.40. The molecule has 0 spiro atoms. The summed E-state index contributed by atoms with van der Waals surface area (Å²) in [4.78, 5) is 11.1. The van der Waals surface area contributed by atoms with Crippen LogP contribution in [-0.4, -0.2) is 17.0 Å². The van der Waals surface area contributed by atoms with E-state index in [1.807, 2.05) is 0 Å². The Kier molecular flexibility index (Phi) is 1.31. The zero-order chi connectivity index (χ0) is 7.14. The molecule has 0 unspecified atom stereocenters. The van der Waals surface area contributed by atoms with Crippen LogP contribution in [0.1, 0.15) is 25.7 Å². The Morgan fingerprint density at radius 3 is 2.90 bits per heavy atom. The lowest BCUT2D eigenvalue weighted by atomic mass is 9.88. The van der Waals surface area contributed by atoms with Crippen LogP contribution < -0.4 is 0 Å². The third-order valence-electron chi connectivity index (χ3n) is 2.84. The second-order valence-corrected chi connectivity index (χ2v) is 3.52. The first-order chi connectivity index (χ1) is 4.77. The van der Waals surface area contributed by atoms with Crippen LogP contribution in [0.25, 0.3) is 0 Å². The predicted molar refractivity (Wildman–Crippen MR) is 36.5 cm³/mol. The van der Waals surface area contributed by atoms with Gasteiger partial charge in [0.25, 0.3) is 0 Å². The van der Waals surface area contributed by atoms with E-state index in [0.29, 0.717) is 18.1 Å². The van der Waals surface area contributed by atoms with Crippen LogP contribution in [0.5, 0.6) is 0 Å². The second-order valence-electron chi connectivity index (χ2n) is 3.52. The Morgan fingerprint density at radius 1 is 1.40 bits per heavy atom. The molecule has 0 aromatic rings. The largest absolute Gasteiger partial charge is 0.392 e. The maximum atomic E-state index is 11.1. The summed E-state index contributed by atoms with van der Waals surface area (Å²) in [7, 11) is 0. The Labute approximate surface area is 60.2 Å². The molecular weight excluding hydrogens is 128 g/mol. The van der Waals surface area contributed by atoms with Crippen molar-refractivity contribution < 1.29 is 9.90 Å². The number of Topliss-reactive ketones (excluding diaryl/α,β-unsaturated/α-hetero) is 1. The quantitative estimate of drug-likeness (QED) is 0.538. The zero-order valence-corrected chi connectivity index (χ0v) is 5.92. The van der Waals surface area contributed by atoms with Gasteiger partial charge in [0, 0.05) is 12.3 Å². The minimum absolute atomic E-state index is 0.0127. The number of aliphatic hydroxyl groups is 1. The van der Waals surface area contributed by atoms with Crippen molar-refractivity contribution >= 4 is 5.78 Å². The first-order valence-corrected chi connectivity index (χ1v) is 3.98. The van der Waals surface area contributed by atoms with Gasteiger partial charge in [-0.15, -0.1) is 0 Å². The van der Waals surface area contributed by atoms with Crippen LogP contribution in [0.3, 0.4) is 0 Å². The van der Waals surface area contributed by atoms with Crippen LogP contribution in [0, 0.1) is 11.8 Å². The predicted octanol–water partition coefficient (Wildman–Crippen LogP) is 0.736. The highest BCUT2D eigenvalue weighted by atomic mass is 16.3. The molecule has 2 bridgehead atoms. The number of fused-ring (bicyclic) bond motifs is 2. The van der Waals surface area contributed by atoms with E-state index in [-0.39, 0.29) is 12.0 Å². The van der Waals surface area contributed by atoms with Gasteiger partial charge in [-0.3, -0.25) is 4.79 Å². The lowest BCUT2D eigenvalue weighted by molar-refractivity contribution is -0.126. The fourth-order valence-corrected chi connectivity index (χ4v) is 2.23. The molecule has 2 heteroatoms. The maximum absolute atomic E-state index is 11.1. The molecule has 0 aliphatic heterocycles. The van der Waals surface area contributed by atoms with Crippen LogP contribution in [0.2, 0.25) is 0 Å². The van der Waals surface area contributed by atoms with Gasteiger partial charge in [-0.25, -0.2) is 0 Å². The number of aliphatic hydroxyl groups excluding tert-OH is 1. The molecule has 0 saturated heterocycles. The summed E-state index contributed by atoms with van der Waals surface area (Å²) >= 11 is 0. The molecule has 2 rings (SSSR count). The summed E-state index contributed by atoms with van der Waals surface area (Å²) in [5.74, 6) is 0.956. The van der Waals surface area contributed by atoms with Gasteiger partial charge in [0.2, 0.25) is 0 Å². The van der Waals surface area contributed by atoms with Gasteiger partial charge in [0.1, 0.15) is 5.78 Å². The average molecular weight is 140 g/mol. The molecule has 1 N–H and O–H groups in total. The van der Waals surface area contributed by atoms with Crippen molar-refractivity contribution in [3.05, 3.63) is 0 Å². The lowest BCUT2D eigenvalue weighted by Gasteiger charge is -2.16. The van der Waals surface area contributed by atoms with Gasteiger partial charge in [-0.1, -0.05) is 0 Å². The molecule has 2 saturated carbocycles. The van der Waals surface area contributed by atoms with Gasteiger partial charge < -0.3 is 5.11 Å². The fraction of sp³-hybridized carbons (Fsp3) is 0.875. The van der Waals surface area contributed by atoms with Crippen LogP contribution in [0.15, 0.2) is 0 Å². The van der Waals surface area contributed by atoms with Crippen molar-refractivity contribution in [2.24, 2.45) is 11.8 Å². The standard InChI is InChI=1S/C8H12O2/c9-7-2-1-5-3-6(7)8(10)4-5/h5-6,8,10H,1-4H2/t5-,6+,8+/m0/s1. The topological polar surface area (TPSA) is 37.3 Å². The highest BCUT2D eigenvalue weighted by molar-refractivity contribution is 5.82. The van der Waals surface area contributed by atoms with E-state index in [4.69, 9.17) is 0 Å². The summed E-state index contributed by atoms with van der Waals surface area (Å²) in [6.07, 6.45) is 3.26. The maximum Gasteiger partial charge on any atom is 0.138 e. The van der Waals surface area contributed by atoms with E-state index in [1.165, 1.54) is 0 Å². The lowest BCUT2D eigenvalue weighted by Crippen LogP contribution is -2.23. The molecule has 3 atom stereocenters. The highest BCUT2D eigenvalue weighted by Crippen LogP contribution is 2.39. The molecule has 0 amide bonds. The van der Waals surface area contributed by atoms with Crippen molar-refractivity contribution in [1.82, 2.24) is 0 Å². The number of hydrogen-bond donors (Lipinski definition) is 1. The van der Waals surface area contributed by atoms with Crippen LogP contribution in [-0.2, 0) is 4.79 Å². The first-order valence-electron chi connectivity index (χ1n) is 3.98. The number of carbonyl (C=O) groups excluding carboxylic acids is 1. The Hall–Kier alpha value is -0.370. The normalized spacial score (nSPS) is 46.1. The monoisotopic (exact) mass is 140 g/mol. The number of ketones is 1. The number of hydrogen-bond acceptors (Lipinski definition) is 2. The molecule has 0 radical (unpaired) electrons. The van der Waals surface area contributed by atoms with Gasteiger partial charge in [0.05, 0.1) is 6.10 Å². The van der Waals surface area contributed by atoms with E-state index in [0.717, 1.165) is 19.3 Å². The molecule has 0 heterocycles. The van der Waals surface area contributed by atoms with E-state index >= 15 is 0 Å². The molecule has 2 fully saturated rings.